The molecule has 102 valence electrons. The SMILES string of the molecule is N#Cc1ncccc1S(=O)(=O)Nc1ccc(Br)c(F)c1. The number of nitriles is 1. The lowest BCUT2D eigenvalue weighted by Crippen LogP contribution is -2.15. The maximum atomic E-state index is 13.4. The minimum Gasteiger partial charge on any atom is -0.279 e. The van der Waals surface area contributed by atoms with Gasteiger partial charge in [-0.25, -0.2) is 17.8 Å². The summed E-state index contributed by atoms with van der Waals surface area (Å²) in [5.41, 5.74) is -0.170. The molecule has 0 unspecified atom stereocenters. The summed E-state index contributed by atoms with van der Waals surface area (Å²) in [4.78, 5) is 3.42. The van der Waals surface area contributed by atoms with Crippen LogP contribution in [0.4, 0.5) is 10.1 Å². The second-order valence-corrected chi connectivity index (χ2v) is 6.20. The van der Waals surface area contributed by atoms with E-state index in [0.29, 0.717) is 0 Å². The molecule has 0 fully saturated rings. The monoisotopic (exact) mass is 355 g/mol. The summed E-state index contributed by atoms with van der Waals surface area (Å²) in [6.07, 6.45) is 1.32. The number of anilines is 1. The first-order chi connectivity index (χ1) is 9.44. The Kier molecular flexibility index (Phi) is 4.01. The number of halogens is 2. The van der Waals surface area contributed by atoms with E-state index in [9.17, 15) is 12.8 Å². The molecule has 2 aromatic rings. The van der Waals surface area contributed by atoms with Crippen molar-refractivity contribution in [3.05, 3.63) is 52.5 Å². The summed E-state index contributed by atoms with van der Waals surface area (Å²) in [6, 6.07) is 8.15. The highest BCUT2D eigenvalue weighted by Gasteiger charge is 2.19. The predicted octanol–water partition coefficient (Wildman–Crippen LogP) is 2.66. The summed E-state index contributed by atoms with van der Waals surface area (Å²) in [5, 5.41) is 8.86. The molecule has 1 N–H and O–H groups in total. The summed E-state index contributed by atoms with van der Waals surface area (Å²) in [7, 11) is -4.00. The smallest absolute Gasteiger partial charge is 0.264 e. The molecule has 20 heavy (non-hydrogen) atoms. The number of aromatic nitrogens is 1. The largest absolute Gasteiger partial charge is 0.279 e. The van der Waals surface area contributed by atoms with Crippen LogP contribution in [0.2, 0.25) is 0 Å². The third-order valence-corrected chi connectivity index (χ3v) is 4.39. The third-order valence-electron chi connectivity index (χ3n) is 2.34. The van der Waals surface area contributed by atoms with Crippen molar-refractivity contribution in [2.24, 2.45) is 0 Å². The van der Waals surface area contributed by atoms with Crippen LogP contribution in [0.1, 0.15) is 5.69 Å². The molecule has 0 aliphatic carbocycles. The van der Waals surface area contributed by atoms with E-state index in [0.717, 1.165) is 6.07 Å². The van der Waals surface area contributed by atoms with Crippen LogP contribution in [0.3, 0.4) is 0 Å². The van der Waals surface area contributed by atoms with Gasteiger partial charge in [-0.15, -0.1) is 0 Å². The van der Waals surface area contributed by atoms with Crippen LogP contribution >= 0.6 is 15.9 Å². The van der Waals surface area contributed by atoms with Crippen molar-refractivity contribution in [1.29, 1.82) is 5.26 Å². The van der Waals surface area contributed by atoms with Gasteiger partial charge in [0.2, 0.25) is 0 Å². The number of hydrogen-bond acceptors (Lipinski definition) is 4. The van der Waals surface area contributed by atoms with E-state index in [-0.39, 0.29) is 20.7 Å². The van der Waals surface area contributed by atoms with Crippen molar-refractivity contribution in [3.63, 3.8) is 0 Å². The highest BCUT2D eigenvalue weighted by molar-refractivity contribution is 9.10. The Hall–Kier alpha value is -1.98. The molecule has 1 aromatic heterocycles. The lowest BCUT2D eigenvalue weighted by atomic mass is 10.3. The molecule has 0 saturated carbocycles. The molecule has 0 aliphatic heterocycles. The van der Waals surface area contributed by atoms with Gasteiger partial charge in [0, 0.05) is 6.20 Å². The van der Waals surface area contributed by atoms with Gasteiger partial charge in [0.25, 0.3) is 10.0 Å². The Labute approximate surface area is 123 Å². The van der Waals surface area contributed by atoms with Crippen LogP contribution < -0.4 is 4.72 Å². The van der Waals surface area contributed by atoms with Crippen LogP contribution in [0, 0.1) is 17.1 Å². The van der Waals surface area contributed by atoms with Crippen LogP contribution in [-0.2, 0) is 10.0 Å². The van der Waals surface area contributed by atoms with E-state index in [1.165, 1.54) is 30.5 Å². The lowest BCUT2D eigenvalue weighted by molar-refractivity contribution is 0.600. The molecule has 8 heteroatoms. The number of nitrogens with zero attached hydrogens (tertiary/aromatic N) is 2. The summed E-state index contributed by atoms with van der Waals surface area (Å²) >= 11 is 2.97. The Morgan fingerprint density at radius 3 is 2.75 bits per heavy atom. The molecule has 0 spiro atoms. The maximum Gasteiger partial charge on any atom is 0.264 e. The topological polar surface area (TPSA) is 82.8 Å². The second kappa shape index (κ2) is 5.56. The highest BCUT2D eigenvalue weighted by Crippen LogP contribution is 2.22. The average Bonchev–Trinajstić information content (AvgIpc) is 2.42. The van der Waals surface area contributed by atoms with Crippen molar-refractivity contribution in [3.8, 4) is 6.07 Å². The molecule has 0 radical (unpaired) electrons. The van der Waals surface area contributed by atoms with Gasteiger partial charge in [0.15, 0.2) is 5.69 Å². The molecule has 5 nitrogen and oxygen atoms in total. The molecule has 0 amide bonds. The zero-order chi connectivity index (χ0) is 14.8. The first-order valence-electron chi connectivity index (χ1n) is 5.27. The highest BCUT2D eigenvalue weighted by atomic mass is 79.9. The van der Waals surface area contributed by atoms with Gasteiger partial charge in [-0.2, -0.15) is 5.26 Å². The lowest BCUT2D eigenvalue weighted by Gasteiger charge is -2.09. The van der Waals surface area contributed by atoms with Crippen LogP contribution in [0.25, 0.3) is 0 Å². The summed E-state index contributed by atoms with van der Waals surface area (Å²) in [5.74, 6) is -0.600. The van der Waals surface area contributed by atoms with E-state index in [1.807, 2.05) is 0 Å². The average molecular weight is 356 g/mol. The van der Waals surface area contributed by atoms with Crippen molar-refractivity contribution >= 4 is 31.6 Å². The predicted molar refractivity (Wildman–Crippen MR) is 73.9 cm³/mol. The number of rotatable bonds is 3. The van der Waals surface area contributed by atoms with Gasteiger partial charge in [-0.3, -0.25) is 4.72 Å². The minimum absolute atomic E-state index is 0.0541. The molecule has 0 aliphatic rings. The summed E-state index contributed by atoms with van der Waals surface area (Å²) < 4.78 is 40.1. The van der Waals surface area contributed by atoms with Crippen molar-refractivity contribution in [2.45, 2.75) is 4.90 Å². The number of sulfonamides is 1. The molecule has 0 bridgehead atoms. The molecule has 1 heterocycles. The molecular weight excluding hydrogens is 349 g/mol. The molecule has 0 atom stereocenters. The minimum atomic E-state index is -4.00. The molecule has 1 aromatic carbocycles. The molecule has 2 rings (SSSR count). The number of nitrogens with one attached hydrogen (secondary N) is 1. The van der Waals surface area contributed by atoms with Crippen LogP contribution in [0.15, 0.2) is 45.9 Å². The number of hydrogen-bond donors (Lipinski definition) is 1. The maximum absolute atomic E-state index is 13.4. The van der Waals surface area contributed by atoms with Crippen LogP contribution in [-0.4, -0.2) is 13.4 Å². The van der Waals surface area contributed by atoms with Gasteiger partial charge in [-0.05, 0) is 46.3 Å². The van der Waals surface area contributed by atoms with Crippen molar-refractivity contribution in [2.75, 3.05) is 4.72 Å². The normalized spacial score (nSPS) is 10.8. The first-order valence-corrected chi connectivity index (χ1v) is 7.54. The number of benzene rings is 1. The zero-order valence-corrected chi connectivity index (χ0v) is 12.2. The van der Waals surface area contributed by atoms with Crippen molar-refractivity contribution < 1.29 is 12.8 Å². The second-order valence-electron chi connectivity index (χ2n) is 3.70. The van der Waals surface area contributed by atoms with E-state index >= 15 is 0 Å². The third kappa shape index (κ3) is 2.95. The van der Waals surface area contributed by atoms with Gasteiger partial charge in [0.1, 0.15) is 16.8 Å². The van der Waals surface area contributed by atoms with Gasteiger partial charge >= 0.3 is 0 Å². The van der Waals surface area contributed by atoms with Gasteiger partial charge in [-0.1, -0.05) is 0 Å². The molecular formula is C12H7BrFN3O2S. The Morgan fingerprint density at radius 1 is 1.35 bits per heavy atom. The van der Waals surface area contributed by atoms with Gasteiger partial charge in [0.05, 0.1) is 10.2 Å². The summed E-state index contributed by atoms with van der Waals surface area (Å²) in [6.45, 7) is 0. The first kappa shape index (κ1) is 14.4. The van der Waals surface area contributed by atoms with E-state index in [1.54, 1.807) is 6.07 Å². The standard InChI is InChI=1S/C12H7BrFN3O2S/c13-9-4-3-8(6-10(9)14)17-20(18,19)12-2-1-5-16-11(12)7-15/h1-6,17H. The Balaban J connectivity index is 2.41. The fraction of sp³-hybridized carbons (Fsp3) is 0. The fourth-order valence-electron chi connectivity index (χ4n) is 1.46. The Bertz CT molecular complexity index is 803. The van der Waals surface area contributed by atoms with Gasteiger partial charge < -0.3 is 0 Å². The fourth-order valence-corrected chi connectivity index (χ4v) is 2.87. The van der Waals surface area contributed by atoms with Crippen molar-refractivity contribution in [1.82, 2.24) is 4.98 Å². The number of pyridine rings is 1. The van der Waals surface area contributed by atoms with E-state index < -0.39 is 15.8 Å². The zero-order valence-electron chi connectivity index (χ0n) is 9.84. The molecule has 0 saturated heterocycles. The van der Waals surface area contributed by atoms with E-state index in [2.05, 4.69) is 25.6 Å². The Morgan fingerprint density at radius 2 is 2.10 bits per heavy atom. The quantitative estimate of drug-likeness (QED) is 0.917. The van der Waals surface area contributed by atoms with E-state index in [4.69, 9.17) is 5.26 Å². The van der Waals surface area contributed by atoms with Crippen LogP contribution in [0.5, 0.6) is 0 Å².